The third-order valence-corrected chi connectivity index (χ3v) is 3.46. The zero-order chi connectivity index (χ0) is 11.5. The summed E-state index contributed by atoms with van der Waals surface area (Å²) in [4.78, 5) is 14.8. The molecule has 0 bridgehead atoms. The number of aromatic nitrogens is 2. The molecule has 5 nitrogen and oxygen atoms in total. The van der Waals surface area contributed by atoms with Crippen molar-refractivity contribution in [1.82, 2.24) is 9.36 Å². The maximum absolute atomic E-state index is 10.6. The molecule has 2 heterocycles. The zero-order valence-electron chi connectivity index (χ0n) is 8.34. The van der Waals surface area contributed by atoms with Gasteiger partial charge in [-0.2, -0.15) is 4.37 Å². The largest absolute Gasteiger partial charge is 0.475 e. The van der Waals surface area contributed by atoms with Gasteiger partial charge < -0.3 is 9.52 Å². The molecule has 7 heteroatoms. The fourth-order valence-electron chi connectivity index (χ4n) is 0.999. The lowest BCUT2D eigenvalue weighted by atomic mass is 10.5. The Morgan fingerprint density at radius 2 is 2.44 bits per heavy atom. The van der Waals surface area contributed by atoms with Crippen LogP contribution in [0, 0.1) is 0 Å². The van der Waals surface area contributed by atoms with E-state index < -0.39 is 5.97 Å². The van der Waals surface area contributed by atoms with Crippen molar-refractivity contribution >= 4 is 29.3 Å². The Balaban J connectivity index is 2.11. The Hall–Kier alpha value is -1.34. The summed E-state index contributed by atoms with van der Waals surface area (Å²) < 4.78 is 9.97. The highest BCUT2D eigenvalue weighted by Crippen LogP contribution is 2.30. The normalized spacial score (nSPS) is 10.6. The minimum absolute atomic E-state index is 0.0669. The van der Waals surface area contributed by atoms with Gasteiger partial charge in [0.05, 0.1) is 0 Å². The lowest BCUT2D eigenvalue weighted by molar-refractivity contribution is 0.0656. The second-order valence-corrected chi connectivity index (χ2v) is 4.86. The molecule has 16 heavy (non-hydrogen) atoms. The lowest BCUT2D eigenvalue weighted by Crippen LogP contribution is -1.91. The van der Waals surface area contributed by atoms with Gasteiger partial charge in [0, 0.05) is 6.42 Å². The molecule has 0 spiro atoms. The molecular formula is C9H8N2O3S2. The van der Waals surface area contributed by atoms with E-state index in [1.807, 2.05) is 6.92 Å². The molecule has 2 aromatic heterocycles. The van der Waals surface area contributed by atoms with Crippen LogP contribution in [0.1, 0.15) is 23.3 Å². The van der Waals surface area contributed by atoms with Crippen LogP contribution in [0.4, 0.5) is 0 Å². The quantitative estimate of drug-likeness (QED) is 0.905. The first-order valence-electron chi connectivity index (χ1n) is 4.52. The first-order valence-corrected chi connectivity index (χ1v) is 6.11. The number of rotatable bonds is 4. The Labute approximate surface area is 99.7 Å². The second kappa shape index (κ2) is 4.67. The van der Waals surface area contributed by atoms with Crippen molar-refractivity contribution in [2.75, 3.05) is 0 Å². The van der Waals surface area contributed by atoms with Crippen LogP contribution in [0.3, 0.4) is 0 Å². The van der Waals surface area contributed by atoms with Crippen LogP contribution in [-0.2, 0) is 6.42 Å². The Morgan fingerprint density at radius 3 is 3.00 bits per heavy atom. The fourth-order valence-corrected chi connectivity index (χ4v) is 2.60. The van der Waals surface area contributed by atoms with Gasteiger partial charge in [-0.05, 0) is 35.4 Å². The number of nitrogens with zero attached hydrogens (tertiary/aromatic N) is 2. The summed E-state index contributed by atoms with van der Waals surface area (Å²) in [5.74, 6) is -0.349. The minimum atomic E-state index is -1.07. The summed E-state index contributed by atoms with van der Waals surface area (Å²) in [6, 6.07) is 3.04. The van der Waals surface area contributed by atoms with Crippen molar-refractivity contribution in [3.8, 4) is 0 Å². The highest BCUT2D eigenvalue weighted by Gasteiger charge is 2.11. The molecule has 1 N–H and O–H groups in total. The summed E-state index contributed by atoms with van der Waals surface area (Å²) in [6.07, 6.45) is 0.787. The monoisotopic (exact) mass is 256 g/mol. The van der Waals surface area contributed by atoms with E-state index in [9.17, 15) is 4.79 Å². The highest BCUT2D eigenvalue weighted by atomic mass is 32.2. The number of aryl methyl sites for hydroxylation is 1. The molecule has 0 aromatic carbocycles. The van der Waals surface area contributed by atoms with Crippen molar-refractivity contribution in [3.05, 3.63) is 23.7 Å². The summed E-state index contributed by atoms with van der Waals surface area (Å²) in [6.45, 7) is 1.98. The van der Waals surface area contributed by atoms with E-state index in [4.69, 9.17) is 9.52 Å². The van der Waals surface area contributed by atoms with Gasteiger partial charge in [0.25, 0.3) is 0 Å². The summed E-state index contributed by atoms with van der Waals surface area (Å²) in [5, 5.41) is 9.19. The van der Waals surface area contributed by atoms with E-state index in [0.717, 1.165) is 16.6 Å². The third kappa shape index (κ3) is 2.42. The van der Waals surface area contributed by atoms with Gasteiger partial charge in [0.2, 0.25) is 5.76 Å². The fraction of sp³-hybridized carbons (Fsp3) is 0.222. The molecule has 0 atom stereocenters. The van der Waals surface area contributed by atoms with Crippen molar-refractivity contribution in [2.45, 2.75) is 22.8 Å². The van der Waals surface area contributed by atoms with Crippen LogP contribution in [-0.4, -0.2) is 20.4 Å². The van der Waals surface area contributed by atoms with Gasteiger partial charge in [-0.3, -0.25) is 0 Å². The molecule has 0 saturated carbocycles. The topological polar surface area (TPSA) is 76.2 Å². The Morgan fingerprint density at radius 1 is 1.62 bits per heavy atom. The van der Waals surface area contributed by atoms with Crippen molar-refractivity contribution < 1.29 is 14.3 Å². The molecule has 2 aromatic rings. The van der Waals surface area contributed by atoms with Gasteiger partial charge in [-0.25, -0.2) is 9.78 Å². The van der Waals surface area contributed by atoms with Crippen LogP contribution in [0.5, 0.6) is 0 Å². The standard InChI is InChI=1S/C9H8N2O3S2/c1-2-6-10-9(16-11-6)15-7-4-3-5(14-7)8(12)13/h3-4H,2H2,1H3,(H,12,13). The van der Waals surface area contributed by atoms with E-state index in [2.05, 4.69) is 9.36 Å². The van der Waals surface area contributed by atoms with E-state index in [1.165, 1.54) is 29.4 Å². The van der Waals surface area contributed by atoms with Crippen molar-refractivity contribution in [1.29, 1.82) is 0 Å². The van der Waals surface area contributed by atoms with Gasteiger partial charge in [-0.15, -0.1) is 0 Å². The van der Waals surface area contributed by atoms with Crippen LogP contribution in [0.2, 0.25) is 0 Å². The number of hydrogen-bond acceptors (Lipinski definition) is 6. The maximum atomic E-state index is 10.6. The van der Waals surface area contributed by atoms with E-state index in [-0.39, 0.29) is 5.76 Å². The van der Waals surface area contributed by atoms with Crippen LogP contribution in [0.25, 0.3) is 0 Å². The molecule has 0 amide bonds. The molecule has 0 aliphatic heterocycles. The smallest absolute Gasteiger partial charge is 0.371 e. The van der Waals surface area contributed by atoms with E-state index in [0.29, 0.717) is 5.09 Å². The predicted molar refractivity (Wildman–Crippen MR) is 59.1 cm³/mol. The second-order valence-electron chi connectivity index (χ2n) is 2.86. The van der Waals surface area contributed by atoms with E-state index >= 15 is 0 Å². The van der Waals surface area contributed by atoms with Crippen LogP contribution in [0.15, 0.2) is 26.0 Å². The van der Waals surface area contributed by atoms with Crippen LogP contribution >= 0.6 is 23.3 Å². The first kappa shape index (κ1) is 11.2. The summed E-state index contributed by atoms with van der Waals surface area (Å²) in [7, 11) is 0. The average Bonchev–Trinajstić information content (AvgIpc) is 2.87. The SMILES string of the molecule is CCc1nsc(Sc2ccc(C(=O)O)o2)n1. The van der Waals surface area contributed by atoms with Crippen LogP contribution < -0.4 is 0 Å². The predicted octanol–water partition coefficient (Wildman–Crippen LogP) is 2.54. The minimum Gasteiger partial charge on any atom is -0.475 e. The van der Waals surface area contributed by atoms with Crippen molar-refractivity contribution in [3.63, 3.8) is 0 Å². The Kier molecular flexibility index (Phi) is 3.25. The van der Waals surface area contributed by atoms with Gasteiger partial charge in [0.15, 0.2) is 9.43 Å². The number of hydrogen-bond donors (Lipinski definition) is 1. The maximum Gasteiger partial charge on any atom is 0.371 e. The molecule has 0 fully saturated rings. The lowest BCUT2D eigenvalue weighted by Gasteiger charge is -1.89. The molecule has 2 rings (SSSR count). The molecular weight excluding hydrogens is 248 g/mol. The van der Waals surface area contributed by atoms with Gasteiger partial charge in [-0.1, -0.05) is 6.92 Å². The number of carbonyl (C=O) groups is 1. The molecule has 84 valence electrons. The summed E-state index contributed by atoms with van der Waals surface area (Å²) >= 11 is 2.56. The highest BCUT2D eigenvalue weighted by molar-refractivity contribution is 8.00. The van der Waals surface area contributed by atoms with Gasteiger partial charge >= 0.3 is 5.97 Å². The average molecular weight is 256 g/mol. The molecule has 0 saturated heterocycles. The molecule has 0 radical (unpaired) electrons. The molecule has 0 aliphatic rings. The van der Waals surface area contributed by atoms with Crippen molar-refractivity contribution in [2.24, 2.45) is 0 Å². The number of carboxylic acids is 1. The Bertz CT molecular complexity index is 506. The number of furan rings is 1. The molecule has 0 aliphatic carbocycles. The number of aromatic carboxylic acids is 1. The van der Waals surface area contributed by atoms with E-state index in [1.54, 1.807) is 6.07 Å². The zero-order valence-corrected chi connectivity index (χ0v) is 9.97. The van der Waals surface area contributed by atoms with Gasteiger partial charge in [0.1, 0.15) is 5.82 Å². The third-order valence-electron chi connectivity index (χ3n) is 1.75. The molecule has 0 unspecified atom stereocenters. The summed E-state index contributed by atoms with van der Waals surface area (Å²) in [5.41, 5.74) is 0. The first-order chi connectivity index (χ1) is 7.69. The number of carboxylic acid groups (broad SMARTS) is 1.